The third-order valence-electron chi connectivity index (χ3n) is 3.01. The van der Waals surface area contributed by atoms with E-state index < -0.39 is 0 Å². The SMILES string of the molecule is CCNC(COCCC(C)(C)C)c1ccccc1F. The van der Waals surface area contributed by atoms with Crippen molar-refractivity contribution in [1.82, 2.24) is 5.32 Å². The predicted octanol–water partition coefficient (Wildman–Crippen LogP) is 3.93. The number of ether oxygens (including phenoxy) is 1. The highest BCUT2D eigenvalue weighted by atomic mass is 19.1. The van der Waals surface area contributed by atoms with E-state index in [1.54, 1.807) is 6.07 Å². The molecular formula is C16H26FNO. The van der Waals surface area contributed by atoms with Gasteiger partial charge in [0.2, 0.25) is 0 Å². The summed E-state index contributed by atoms with van der Waals surface area (Å²) in [6, 6.07) is 6.80. The minimum atomic E-state index is -0.173. The van der Waals surface area contributed by atoms with Gasteiger partial charge in [-0.1, -0.05) is 45.9 Å². The predicted molar refractivity (Wildman–Crippen MR) is 77.7 cm³/mol. The molecule has 0 aliphatic heterocycles. The minimum absolute atomic E-state index is 0.0776. The van der Waals surface area contributed by atoms with E-state index in [0.717, 1.165) is 13.0 Å². The zero-order valence-electron chi connectivity index (χ0n) is 12.5. The lowest BCUT2D eigenvalue weighted by molar-refractivity contribution is 0.0893. The molecule has 1 rings (SSSR count). The van der Waals surface area contributed by atoms with Crippen molar-refractivity contribution in [2.24, 2.45) is 5.41 Å². The second-order valence-electron chi connectivity index (χ2n) is 6.02. The highest BCUT2D eigenvalue weighted by Crippen LogP contribution is 2.20. The number of hydrogen-bond acceptors (Lipinski definition) is 2. The van der Waals surface area contributed by atoms with E-state index in [0.29, 0.717) is 18.8 Å². The summed E-state index contributed by atoms with van der Waals surface area (Å²) in [7, 11) is 0. The van der Waals surface area contributed by atoms with Crippen molar-refractivity contribution in [3.05, 3.63) is 35.6 Å². The molecule has 0 amide bonds. The third-order valence-corrected chi connectivity index (χ3v) is 3.01. The molecule has 3 heteroatoms. The summed E-state index contributed by atoms with van der Waals surface area (Å²) in [4.78, 5) is 0. The van der Waals surface area contributed by atoms with Crippen LogP contribution in [0.3, 0.4) is 0 Å². The Bertz CT molecular complexity index is 373. The maximum atomic E-state index is 13.8. The Balaban J connectivity index is 2.52. The highest BCUT2D eigenvalue weighted by molar-refractivity contribution is 5.21. The van der Waals surface area contributed by atoms with Gasteiger partial charge in [-0.3, -0.25) is 0 Å². The summed E-state index contributed by atoms with van der Waals surface area (Å²) >= 11 is 0. The fraction of sp³-hybridized carbons (Fsp3) is 0.625. The number of nitrogens with one attached hydrogen (secondary N) is 1. The lowest BCUT2D eigenvalue weighted by Gasteiger charge is -2.21. The zero-order valence-corrected chi connectivity index (χ0v) is 12.5. The second-order valence-corrected chi connectivity index (χ2v) is 6.02. The van der Waals surface area contributed by atoms with Crippen LogP contribution in [-0.4, -0.2) is 19.8 Å². The summed E-state index contributed by atoms with van der Waals surface area (Å²) in [6.07, 6.45) is 1.00. The molecule has 1 atom stereocenters. The molecule has 1 aromatic rings. The molecule has 1 aromatic carbocycles. The van der Waals surface area contributed by atoms with Gasteiger partial charge < -0.3 is 10.1 Å². The molecule has 0 spiro atoms. The van der Waals surface area contributed by atoms with Crippen LogP contribution in [0.15, 0.2) is 24.3 Å². The number of hydrogen-bond donors (Lipinski definition) is 1. The molecule has 0 heterocycles. The number of halogens is 1. The number of likely N-dealkylation sites (N-methyl/N-ethyl adjacent to an activating group) is 1. The Morgan fingerprint density at radius 2 is 1.95 bits per heavy atom. The molecule has 0 aliphatic carbocycles. The van der Waals surface area contributed by atoms with E-state index in [9.17, 15) is 4.39 Å². The van der Waals surface area contributed by atoms with Gasteiger partial charge in [-0.25, -0.2) is 4.39 Å². The summed E-state index contributed by atoms with van der Waals surface area (Å²) in [6.45, 7) is 10.6. The van der Waals surface area contributed by atoms with Crippen molar-refractivity contribution in [3.63, 3.8) is 0 Å². The lowest BCUT2D eigenvalue weighted by atomic mass is 9.93. The lowest BCUT2D eigenvalue weighted by Crippen LogP contribution is -2.26. The third kappa shape index (κ3) is 6.17. The van der Waals surface area contributed by atoms with Gasteiger partial charge in [0.1, 0.15) is 5.82 Å². The second kappa shape index (κ2) is 7.61. The van der Waals surface area contributed by atoms with Crippen LogP contribution < -0.4 is 5.32 Å². The van der Waals surface area contributed by atoms with E-state index in [1.165, 1.54) is 6.07 Å². The van der Waals surface area contributed by atoms with Crippen molar-refractivity contribution in [3.8, 4) is 0 Å². The van der Waals surface area contributed by atoms with Crippen molar-refractivity contribution < 1.29 is 9.13 Å². The molecule has 0 bridgehead atoms. The molecule has 19 heavy (non-hydrogen) atoms. The van der Waals surface area contributed by atoms with Crippen LogP contribution >= 0.6 is 0 Å². The van der Waals surface area contributed by atoms with Crippen molar-refractivity contribution >= 4 is 0 Å². The summed E-state index contributed by atoms with van der Waals surface area (Å²) in [5.41, 5.74) is 0.950. The molecule has 0 fully saturated rings. The molecular weight excluding hydrogens is 241 g/mol. The fourth-order valence-corrected chi connectivity index (χ4v) is 1.84. The van der Waals surface area contributed by atoms with Crippen LogP contribution in [0.5, 0.6) is 0 Å². The topological polar surface area (TPSA) is 21.3 Å². The number of benzene rings is 1. The fourth-order valence-electron chi connectivity index (χ4n) is 1.84. The first-order chi connectivity index (χ1) is 8.94. The highest BCUT2D eigenvalue weighted by Gasteiger charge is 2.15. The van der Waals surface area contributed by atoms with Crippen molar-refractivity contribution in [1.29, 1.82) is 0 Å². The smallest absolute Gasteiger partial charge is 0.128 e. The van der Waals surface area contributed by atoms with Crippen LogP contribution in [0.4, 0.5) is 4.39 Å². The van der Waals surface area contributed by atoms with Gasteiger partial charge in [0.15, 0.2) is 0 Å². The monoisotopic (exact) mass is 267 g/mol. The van der Waals surface area contributed by atoms with Gasteiger partial charge in [-0.15, -0.1) is 0 Å². The van der Waals surface area contributed by atoms with Crippen LogP contribution in [-0.2, 0) is 4.74 Å². The molecule has 0 saturated heterocycles. The minimum Gasteiger partial charge on any atom is -0.379 e. The van der Waals surface area contributed by atoms with Gasteiger partial charge in [0.25, 0.3) is 0 Å². The molecule has 0 radical (unpaired) electrons. The summed E-state index contributed by atoms with van der Waals surface area (Å²) in [5, 5.41) is 3.27. The van der Waals surface area contributed by atoms with Crippen LogP contribution in [0.1, 0.15) is 45.7 Å². The standard InChI is InChI=1S/C16H26FNO/c1-5-18-15(12-19-11-10-16(2,3)4)13-8-6-7-9-14(13)17/h6-9,15,18H,5,10-12H2,1-4H3. The maximum Gasteiger partial charge on any atom is 0.128 e. The van der Waals surface area contributed by atoms with Crippen molar-refractivity contribution in [2.45, 2.75) is 40.2 Å². The van der Waals surface area contributed by atoms with Gasteiger partial charge in [-0.2, -0.15) is 0 Å². The van der Waals surface area contributed by atoms with E-state index in [4.69, 9.17) is 4.74 Å². The van der Waals surface area contributed by atoms with Gasteiger partial charge in [0.05, 0.1) is 12.6 Å². The Morgan fingerprint density at radius 3 is 2.53 bits per heavy atom. The van der Waals surface area contributed by atoms with Crippen LogP contribution in [0, 0.1) is 11.2 Å². The van der Waals surface area contributed by atoms with E-state index >= 15 is 0 Å². The Hall–Kier alpha value is -0.930. The van der Waals surface area contributed by atoms with E-state index in [2.05, 4.69) is 26.1 Å². The average Bonchev–Trinajstić information content (AvgIpc) is 2.33. The quantitative estimate of drug-likeness (QED) is 0.756. The molecule has 0 aliphatic rings. The first-order valence-corrected chi connectivity index (χ1v) is 6.99. The normalized spacial score (nSPS) is 13.5. The number of rotatable bonds is 7. The Morgan fingerprint density at radius 1 is 1.26 bits per heavy atom. The molecule has 0 aromatic heterocycles. The van der Waals surface area contributed by atoms with Gasteiger partial charge in [-0.05, 0) is 24.4 Å². The first-order valence-electron chi connectivity index (χ1n) is 6.99. The van der Waals surface area contributed by atoms with E-state index in [1.807, 2.05) is 19.1 Å². The average molecular weight is 267 g/mol. The summed E-state index contributed by atoms with van der Waals surface area (Å²) < 4.78 is 19.5. The first kappa shape index (κ1) is 16.1. The molecule has 1 unspecified atom stereocenters. The molecule has 1 N–H and O–H groups in total. The van der Waals surface area contributed by atoms with Crippen LogP contribution in [0.25, 0.3) is 0 Å². The Kier molecular flexibility index (Phi) is 6.46. The van der Waals surface area contributed by atoms with Gasteiger partial charge >= 0.3 is 0 Å². The van der Waals surface area contributed by atoms with Gasteiger partial charge in [0, 0.05) is 12.2 Å². The molecule has 0 saturated carbocycles. The maximum absolute atomic E-state index is 13.8. The largest absolute Gasteiger partial charge is 0.379 e. The zero-order chi connectivity index (χ0) is 14.3. The Labute approximate surface area is 116 Å². The van der Waals surface area contributed by atoms with E-state index in [-0.39, 0.29) is 17.3 Å². The molecule has 2 nitrogen and oxygen atoms in total. The summed E-state index contributed by atoms with van der Waals surface area (Å²) in [5.74, 6) is -0.173. The molecule has 108 valence electrons. The van der Waals surface area contributed by atoms with Crippen molar-refractivity contribution in [2.75, 3.05) is 19.8 Å². The van der Waals surface area contributed by atoms with Crippen LogP contribution in [0.2, 0.25) is 0 Å².